The molecule has 2 N–H and O–H groups in total. The number of alkyl carbamates (subject to hydrolysis) is 1. The minimum atomic E-state index is -0.582. The first kappa shape index (κ1) is 19.2. The van der Waals surface area contributed by atoms with Crippen LogP contribution in [0.2, 0.25) is 0 Å². The molecule has 1 saturated heterocycles. The van der Waals surface area contributed by atoms with E-state index < -0.39 is 6.09 Å². The van der Waals surface area contributed by atoms with E-state index >= 15 is 0 Å². The minimum Gasteiger partial charge on any atom is -0.445 e. The summed E-state index contributed by atoms with van der Waals surface area (Å²) in [6.07, 6.45) is 2.93. The van der Waals surface area contributed by atoms with Gasteiger partial charge in [-0.2, -0.15) is 0 Å². The summed E-state index contributed by atoms with van der Waals surface area (Å²) in [7, 11) is 0. The molecule has 1 aliphatic heterocycles. The number of amides is 2. The molecule has 0 aliphatic carbocycles. The molecule has 0 spiro atoms. The molecule has 1 heterocycles. The number of hydrogen-bond acceptors (Lipinski definition) is 4. The quantitative estimate of drug-likeness (QED) is 0.707. The number of ether oxygens (including phenoxy) is 1. The molecule has 0 radical (unpaired) electrons. The predicted molar refractivity (Wildman–Crippen MR) is 97.1 cm³/mol. The van der Waals surface area contributed by atoms with Crippen molar-refractivity contribution < 1.29 is 14.3 Å². The van der Waals surface area contributed by atoms with Gasteiger partial charge in [0.15, 0.2) is 0 Å². The zero-order valence-electron chi connectivity index (χ0n) is 15.0. The number of nitrogens with one attached hydrogen (secondary N) is 2. The van der Waals surface area contributed by atoms with Crippen molar-refractivity contribution in [1.29, 1.82) is 0 Å². The number of piperidine rings is 1. The van der Waals surface area contributed by atoms with E-state index in [1.807, 2.05) is 30.3 Å². The van der Waals surface area contributed by atoms with Crippen LogP contribution in [-0.2, 0) is 16.1 Å². The van der Waals surface area contributed by atoms with E-state index in [2.05, 4.69) is 22.5 Å². The first-order valence-corrected chi connectivity index (χ1v) is 9.07. The lowest BCUT2D eigenvalue weighted by molar-refractivity contribution is -0.120. The van der Waals surface area contributed by atoms with Gasteiger partial charge in [0.2, 0.25) is 5.91 Å². The fraction of sp³-hybridized carbons (Fsp3) is 0.579. The van der Waals surface area contributed by atoms with Gasteiger partial charge >= 0.3 is 6.09 Å². The summed E-state index contributed by atoms with van der Waals surface area (Å²) in [5.41, 5.74) is 0.911. The molecule has 2 amide bonds. The molecule has 6 nitrogen and oxygen atoms in total. The number of nitrogens with zero attached hydrogens (tertiary/aromatic N) is 1. The monoisotopic (exact) mass is 347 g/mol. The van der Waals surface area contributed by atoms with Crippen LogP contribution in [0.1, 0.15) is 31.7 Å². The van der Waals surface area contributed by atoms with Gasteiger partial charge in [-0.05, 0) is 43.8 Å². The van der Waals surface area contributed by atoms with Crippen LogP contribution in [0.4, 0.5) is 4.79 Å². The smallest absolute Gasteiger partial charge is 0.407 e. The average Bonchev–Trinajstić information content (AvgIpc) is 2.63. The minimum absolute atomic E-state index is 0.0611. The highest BCUT2D eigenvalue weighted by molar-refractivity contribution is 5.82. The SMILES string of the molecule is CC1CCCN(CCCNC(=O)CNC(=O)OCc2ccccc2)C1. The zero-order chi connectivity index (χ0) is 17.9. The number of likely N-dealkylation sites (tertiary alicyclic amines) is 1. The molecule has 138 valence electrons. The Morgan fingerprint density at radius 2 is 2.04 bits per heavy atom. The Labute approximate surface area is 149 Å². The zero-order valence-corrected chi connectivity index (χ0v) is 15.0. The first-order chi connectivity index (χ1) is 12.1. The molecular formula is C19H29N3O3. The second-order valence-corrected chi connectivity index (χ2v) is 6.67. The van der Waals surface area contributed by atoms with Gasteiger partial charge in [-0.15, -0.1) is 0 Å². The highest BCUT2D eigenvalue weighted by atomic mass is 16.5. The van der Waals surface area contributed by atoms with Crippen LogP contribution in [0.15, 0.2) is 30.3 Å². The summed E-state index contributed by atoms with van der Waals surface area (Å²) in [4.78, 5) is 25.8. The van der Waals surface area contributed by atoms with Gasteiger partial charge in [0, 0.05) is 13.1 Å². The van der Waals surface area contributed by atoms with Gasteiger partial charge in [0.05, 0.1) is 6.54 Å². The molecule has 0 aromatic heterocycles. The highest BCUT2D eigenvalue weighted by Gasteiger charge is 2.15. The maximum absolute atomic E-state index is 11.7. The maximum atomic E-state index is 11.7. The number of hydrogen-bond donors (Lipinski definition) is 2. The Hall–Kier alpha value is -2.08. The molecule has 1 aromatic carbocycles. The van der Waals surface area contributed by atoms with Crippen LogP contribution in [0.25, 0.3) is 0 Å². The van der Waals surface area contributed by atoms with Gasteiger partial charge in [-0.25, -0.2) is 4.79 Å². The van der Waals surface area contributed by atoms with E-state index in [9.17, 15) is 9.59 Å². The van der Waals surface area contributed by atoms with Gasteiger partial charge < -0.3 is 20.3 Å². The van der Waals surface area contributed by atoms with E-state index in [4.69, 9.17) is 4.74 Å². The summed E-state index contributed by atoms with van der Waals surface area (Å²) >= 11 is 0. The predicted octanol–water partition coefficient (Wildman–Crippen LogP) is 2.15. The Kier molecular flexibility index (Phi) is 8.25. The van der Waals surface area contributed by atoms with Crippen LogP contribution < -0.4 is 10.6 Å². The summed E-state index contributed by atoms with van der Waals surface area (Å²) in [5.74, 6) is 0.582. The standard InChI is InChI=1S/C19H29N3O3/c1-16-7-5-11-22(14-16)12-6-10-20-18(23)13-21-19(24)25-15-17-8-3-2-4-9-17/h2-4,8-9,16H,5-7,10-15H2,1H3,(H,20,23)(H,21,24). The van der Waals surface area contributed by atoms with Crippen molar-refractivity contribution in [3.05, 3.63) is 35.9 Å². The number of carbonyl (C=O) groups excluding carboxylic acids is 2. The normalized spacial score (nSPS) is 17.7. The molecule has 1 aromatic rings. The fourth-order valence-corrected chi connectivity index (χ4v) is 3.01. The topological polar surface area (TPSA) is 70.7 Å². The number of rotatable bonds is 8. The Balaban J connectivity index is 1.49. The van der Waals surface area contributed by atoms with E-state index in [1.165, 1.54) is 12.8 Å². The molecule has 25 heavy (non-hydrogen) atoms. The van der Waals surface area contributed by atoms with Crippen molar-refractivity contribution in [1.82, 2.24) is 15.5 Å². The third-order valence-electron chi connectivity index (χ3n) is 4.32. The lowest BCUT2D eigenvalue weighted by Crippen LogP contribution is -2.39. The van der Waals surface area contributed by atoms with Crippen LogP contribution in [0.5, 0.6) is 0 Å². The Morgan fingerprint density at radius 1 is 1.24 bits per heavy atom. The second kappa shape index (κ2) is 10.7. The van der Waals surface area contributed by atoms with Crippen LogP contribution >= 0.6 is 0 Å². The van der Waals surface area contributed by atoms with Crippen molar-refractivity contribution in [3.8, 4) is 0 Å². The lowest BCUT2D eigenvalue weighted by Gasteiger charge is -2.30. The molecule has 1 unspecified atom stereocenters. The molecule has 1 fully saturated rings. The lowest BCUT2D eigenvalue weighted by atomic mass is 10.0. The first-order valence-electron chi connectivity index (χ1n) is 9.07. The van der Waals surface area contributed by atoms with Crippen LogP contribution in [-0.4, -0.2) is 49.6 Å². The van der Waals surface area contributed by atoms with Gasteiger partial charge in [0.1, 0.15) is 6.61 Å². The third kappa shape index (κ3) is 8.03. The Bertz CT molecular complexity index is 536. The second-order valence-electron chi connectivity index (χ2n) is 6.67. The molecule has 1 atom stereocenters. The van der Waals surface area contributed by atoms with Gasteiger partial charge in [-0.1, -0.05) is 37.3 Å². The maximum Gasteiger partial charge on any atom is 0.407 e. The summed E-state index contributed by atoms with van der Waals surface area (Å²) in [6.45, 7) is 6.38. The summed E-state index contributed by atoms with van der Waals surface area (Å²) in [5, 5.41) is 5.29. The van der Waals surface area contributed by atoms with Crippen molar-refractivity contribution >= 4 is 12.0 Å². The van der Waals surface area contributed by atoms with E-state index in [1.54, 1.807) is 0 Å². The molecule has 1 aliphatic rings. The van der Waals surface area contributed by atoms with Crippen molar-refractivity contribution in [2.75, 3.05) is 32.7 Å². The molecule has 2 rings (SSSR count). The number of benzene rings is 1. The van der Waals surface area contributed by atoms with E-state index in [-0.39, 0.29) is 19.1 Å². The summed E-state index contributed by atoms with van der Waals surface area (Å²) < 4.78 is 5.06. The van der Waals surface area contributed by atoms with Crippen molar-refractivity contribution in [2.24, 2.45) is 5.92 Å². The molecular weight excluding hydrogens is 318 g/mol. The fourth-order valence-electron chi connectivity index (χ4n) is 3.01. The molecule has 6 heteroatoms. The Morgan fingerprint density at radius 3 is 2.80 bits per heavy atom. The van der Waals surface area contributed by atoms with Crippen LogP contribution in [0, 0.1) is 5.92 Å². The highest BCUT2D eigenvalue weighted by Crippen LogP contribution is 2.15. The molecule has 0 bridgehead atoms. The van der Waals surface area contributed by atoms with Crippen molar-refractivity contribution in [2.45, 2.75) is 32.8 Å². The summed E-state index contributed by atoms with van der Waals surface area (Å²) in [6, 6.07) is 9.43. The largest absolute Gasteiger partial charge is 0.445 e. The number of carbonyl (C=O) groups is 2. The van der Waals surface area contributed by atoms with Crippen LogP contribution in [0.3, 0.4) is 0 Å². The van der Waals surface area contributed by atoms with Gasteiger partial charge in [0.25, 0.3) is 0 Å². The molecule has 0 saturated carbocycles. The van der Waals surface area contributed by atoms with E-state index in [0.29, 0.717) is 6.54 Å². The van der Waals surface area contributed by atoms with Crippen molar-refractivity contribution in [3.63, 3.8) is 0 Å². The average molecular weight is 347 g/mol. The third-order valence-corrected chi connectivity index (χ3v) is 4.32. The van der Waals surface area contributed by atoms with E-state index in [0.717, 1.165) is 37.5 Å². The van der Waals surface area contributed by atoms with Gasteiger partial charge in [-0.3, -0.25) is 4.79 Å².